The summed E-state index contributed by atoms with van der Waals surface area (Å²) in [7, 11) is -3.79. The number of hydrogen-bond acceptors (Lipinski definition) is 4. The summed E-state index contributed by atoms with van der Waals surface area (Å²) in [6.45, 7) is 5.15. The molecule has 2 rings (SSSR count). The second kappa shape index (κ2) is 11.9. The number of anilines is 1. The van der Waals surface area contributed by atoms with Gasteiger partial charge < -0.3 is 10.2 Å². The van der Waals surface area contributed by atoms with Crippen molar-refractivity contribution in [3.63, 3.8) is 0 Å². The lowest BCUT2D eigenvalue weighted by molar-refractivity contribution is -0.139. The molecule has 7 nitrogen and oxygen atoms in total. The standard InChI is InChI=1S/C23H29BrClN3O4S/c1-5-16(2)26-23(30)17(3)27(14-18-8-6-9-19(24)12-18)22(29)15-28(33(4,31)32)21-11-7-10-20(25)13-21/h6-13,16-17H,5,14-15H2,1-4H3,(H,26,30)/t16-,17-/m1/s1. The Labute approximate surface area is 209 Å². The first-order valence-electron chi connectivity index (χ1n) is 10.5. The summed E-state index contributed by atoms with van der Waals surface area (Å²) < 4.78 is 26.9. The Kier molecular flexibility index (Phi) is 9.75. The van der Waals surface area contributed by atoms with Crippen LogP contribution in [0.5, 0.6) is 0 Å². The lowest BCUT2D eigenvalue weighted by Crippen LogP contribution is -2.52. The molecule has 2 aromatic carbocycles. The highest BCUT2D eigenvalue weighted by Gasteiger charge is 2.30. The summed E-state index contributed by atoms with van der Waals surface area (Å²) in [5, 5.41) is 3.24. The molecule has 0 aliphatic heterocycles. The third kappa shape index (κ3) is 8.01. The van der Waals surface area contributed by atoms with E-state index < -0.39 is 28.5 Å². The predicted molar refractivity (Wildman–Crippen MR) is 136 cm³/mol. The maximum atomic E-state index is 13.4. The van der Waals surface area contributed by atoms with Crippen molar-refractivity contribution in [3.05, 3.63) is 63.6 Å². The van der Waals surface area contributed by atoms with Gasteiger partial charge in [0.2, 0.25) is 21.8 Å². The highest BCUT2D eigenvalue weighted by Crippen LogP contribution is 2.23. The van der Waals surface area contributed by atoms with Crippen molar-refractivity contribution in [1.82, 2.24) is 10.2 Å². The molecule has 2 atom stereocenters. The Morgan fingerprint density at radius 2 is 1.79 bits per heavy atom. The van der Waals surface area contributed by atoms with Gasteiger partial charge in [-0.05, 0) is 56.2 Å². The first-order valence-corrected chi connectivity index (χ1v) is 13.5. The van der Waals surface area contributed by atoms with E-state index in [0.29, 0.717) is 5.02 Å². The number of sulfonamides is 1. The van der Waals surface area contributed by atoms with Crippen LogP contribution < -0.4 is 9.62 Å². The lowest BCUT2D eigenvalue weighted by atomic mass is 10.1. The maximum Gasteiger partial charge on any atom is 0.244 e. The first kappa shape index (κ1) is 27.1. The number of carbonyl (C=O) groups is 2. The molecule has 0 spiro atoms. The van der Waals surface area contributed by atoms with Crippen LogP contribution >= 0.6 is 27.5 Å². The summed E-state index contributed by atoms with van der Waals surface area (Å²) >= 11 is 9.46. The zero-order valence-corrected chi connectivity index (χ0v) is 22.2. The van der Waals surface area contributed by atoms with Gasteiger partial charge in [-0.3, -0.25) is 13.9 Å². The Balaban J connectivity index is 2.38. The summed E-state index contributed by atoms with van der Waals surface area (Å²) in [6, 6.07) is 12.8. The quantitative estimate of drug-likeness (QED) is 0.474. The Hall–Kier alpha value is -2.10. The number of benzene rings is 2. The SMILES string of the molecule is CC[C@@H](C)NC(=O)[C@@H](C)N(Cc1cccc(Br)c1)C(=O)CN(c1cccc(Cl)c1)S(C)(=O)=O. The topological polar surface area (TPSA) is 86.8 Å². The van der Waals surface area contributed by atoms with Gasteiger partial charge in [0.1, 0.15) is 12.6 Å². The molecule has 0 aliphatic rings. The van der Waals surface area contributed by atoms with E-state index in [4.69, 9.17) is 11.6 Å². The third-order valence-electron chi connectivity index (χ3n) is 5.19. The van der Waals surface area contributed by atoms with Crippen molar-refractivity contribution in [2.75, 3.05) is 17.1 Å². The smallest absolute Gasteiger partial charge is 0.244 e. The van der Waals surface area contributed by atoms with Crippen molar-refractivity contribution in [2.45, 2.75) is 45.8 Å². The Morgan fingerprint density at radius 3 is 2.36 bits per heavy atom. The fraction of sp³-hybridized carbons (Fsp3) is 0.391. The molecule has 2 amide bonds. The zero-order chi connectivity index (χ0) is 24.8. The zero-order valence-electron chi connectivity index (χ0n) is 19.1. The van der Waals surface area contributed by atoms with Crippen LogP contribution in [0, 0.1) is 0 Å². The molecular weight excluding hydrogens is 530 g/mol. The molecule has 0 radical (unpaired) electrons. The van der Waals surface area contributed by atoms with Crippen LogP contribution in [0.15, 0.2) is 53.0 Å². The van der Waals surface area contributed by atoms with Crippen LogP contribution in [-0.4, -0.2) is 50.0 Å². The Morgan fingerprint density at radius 1 is 1.12 bits per heavy atom. The largest absolute Gasteiger partial charge is 0.352 e. The number of amides is 2. The number of rotatable bonds is 10. The normalized spacial score (nSPS) is 13.2. The minimum Gasteiger partial charge on any atom is -0.352 e. The van der Waals surface area contributed by atoms with E-state index in [1.165, 1.54) is 11.0 Å². The second-order valence-corrected chi connectivity index (χ2v) is 11.2. The predicted octanol–water partition coefficient (Wildman–Crippen LogP) is 4.20. The van der Waals surface area contributed by atoms with Crippen molar-refractivity contribution in [1.29, 1.82) is 0 Å². The number of hydrogen-bond donors (Lipinski definition) is 1. The molecule has 1 N–H and O–H groups in total. The lowest BCUT2D eigenvalue weighted by Gasteiger charge is -2.32. The molecule has 180 valence electrons. The highest BCUT2D eigenvalue weighted by atomic mass is 79.9. The van der Waals surface area contributed by atoms with Gasteiger partial charge in [0.25, 0.3) is 0 Å². The van der Waals surface area contributed by atoms with E-state index >= 15 is 0 Å². The molecule has 0 heterocycles. The van der Waals surface area contributed by atoms with Gasteiger partial charge in [-0.15, -0.1) is 0 Å². The van der Waals surface area contributed by atoms with Crippen LogP contribution in [0.3, 0.4) is 0 Å². The maximum absolute atomic E-state index is 13.4. The molecule has 0 aliphatic carbocycles. The average Bonchev–Trinajstić information content (AvgIpc) is 2.74. The van der Waals surface area contributed by atoms with E-state index in [2.05, 4.69) is 21.2 Å². The van der Waals surface area contributed by atoms with E-state index in [1.54, 1.807) is 25.1 Å². The van der Waals surface area contributed by atoms with Gasteiger partial charge >= 0.3 is 0 Å². The van der Waals surface area contributed by atoms with E-state index in [-0.39, 0.29) is 24.2 Å². The highest BCUT2D eigenvalue weighted by molar-refractivity contribution is 9.10. The van der Waals surface area contributed by atoms with Crippen LogP contribution in [0.2, 0.25) is 5.02 Å². The number of nitrogens with zero attached hydrogens (tertiary/aromatic N) is 2. The van der Waals surface area contributed by atoms with Crippen molar-refractivity contribution in [2.24, 2.45) is 0 Å². The van der Waals surface area contributed by atoms with E-state index in [1.807, 2.05) is 38.1 Å². The van der Waals surface area contributed by atoms with Crippen LogP contribution in [0.25, 0.3) is 0 Å². The monoisotopic (exact) mass is 557 g/mol. The molecule has 0 saturated carbocycles. The van der Waals surface area contributed by atoms with Crippen LogP contribution in [0.1, 0.15) is 32.8 Å². The molecule has 33 heavy (non-hydrogen) atoms. The van der Waals surface area contributed by atoms with Crippen LogP contribution in [0.4, 0.5) is 5.69 Å². The van der Waals surface area contributed by atoms with E-state index in [0.717, 1.165) is 27.0 Å². The summed E-state index contributed by atoms with van der Waals surface area (Å²) in [5.41, 5.74) is 1.08. The average molecular weight is 559 g/mol. The minimum absolute atomic E-state index is 0.0539. The molecule has 0 unspecified atom stereocenters. The summed E-state index contributed by atoms with van der Waals surface area (Å²) in [4.78, 5) is 27.7. The molecule has 0 saturated heterocycles. The molecule has 0 bridgehead atoms. The number of nitrogens with one attached hydrogen (secondary N) is 1. The molecule has 10 heteroatoms. The second-order valence-electron chi connectivity index (χ2n) is 7.89. The van der Waals surface area contributed by atoms with E-state index in [9.17, 15) is 18.0 Å². The summed E-state index contributed by atoms with van der Waals surface area (Å²) in [5.74, 6) is -0.812. The fourth-order valence-electron chi connectivity index (χ4n) is 3.13. The summed E-state index contributed by atoms with van der Waals surface area (Å²) in [6.07, 6.45) is 1.77. The molecule has 2 aromatic rings. The number of halogens is 2. The Bertz CT molecular complexity index is 1100. The van der Waals surface area contributed by atoms with Gasteiger partial charge in [-0.1, -0.05) is 52.7 Å². The molecular formula is C23H29BrClN3O4S. The van der Waals surface area contributed by atoms with Crippen molar-refractivity contribution in [3.8, 4) is 0 Å². The van der Waals surface area contributed by atoms with Gasteiger partial charge in [0, 0.05) is 22.1 Å². The van der Waals surface area contributed by atoms with Gasteiger partial charge in [-0.2, -0.15) is 0 Å². The fourth-order valence-corrected chi connectivity index (χ4v) is 4.60. The van der Waals surface area contributed by atoms with Gasteiger partial charge in [-0.25, -0.2) is 8.42 Å². The third-order valence-corrected chi connectivity index (χ3v) is 7.05. The van der Waals surface area contributed by atoms with Crippen LogP contribution in [-0.2, 0) is 26.2 Å². The first-order chi connectivity index (χ1) is 15.4. The van der Waals surface area contributed by atoms with Gasteiger partial charge in [0.05, 0.1) is 11.9 Å². The van der Waals surface area contributed by atoms with Gasteiger partial charge in [0.15, 0.2) is 0 Å². The molecule has 0 aromatic heterocycles. The van der Waals surface area contributed by atoms with Crippen molar-refractivity contribution >= 4 is 55.1 Å². The minimum atomic E-state index is -3.79. The van der Waals surface area contributed by atoms with Crippen molar-refractivity contribution < 1.29 is 18.0 Å². The number of carbonyl (C=O) groups excluding carboxylic acids is 2. The molecule has 0 fully saturated rings.